The van der Waals surface area contributed by atoms with Gasteiger partial charge in [-0.25, -0.2) is 4.98 Å². The quantitative estimate of drug-likeness (QED) is 0.896. The number of benzene rings is 1. The molecule has 0 amide bonds. The molecular formula is C15H19N3. The third-order valence-corrected chi connectivity index (χ3v) is 3.71. The van der Waals surface area contributed by atoms with Crippen LogP contribution in [0.4, 0.5) is 0 Å². The fourth-order valence-electron chi connectivity index (χ4n) is 2.78. The van der Waals surface area contributed by atoms with Crippen LogP contribution in [0.2, 0.25) is 0 Å². The van der Waals surface area contributed by atoms with Gasteiger partial charge in [-0.2, -0.15) is 0 Å². The molecule has 0 aliphatic carbocycles. The smallest absolute Gasteiger partial charge is 0.0921 e. The maximum absolute atomic E-state index is 4.13. The van der Waals surface area contributed by atoms with Gasteiger partial charge in [-0.05, 0) is 24.9 Å². The molecule has 18 heavy (non-hydrogen) atoms. The molecule has 1 aliphatic heterocycles. The molecule has 0 bridgehead atoms. The maximum atomic E-state index is 4.13. The maximum Gasteiger partial charge on any atom is 0.0921 e. The predicted octanol–water partition coefficient (Wildman–Crippen LogP) is 2.79. The summed E-state index contributed by atoms with van der Waals surface area (Å²) >= 11 is 0. The molecule has 1 aromatic carbocycles. The highest BCUT2D eigenvalue weighted by Crippen LogP contribution is 2.25. The summed E-state index contributed by atoms with van der Waals surface area (Å²) in [5.74, 6) is 0.616. The van der Waals surface area contributed by atoms with Crippen molar-refractivity contribution in [2.75, 3.05) is 13.1 Å². The van der Waals surface area contributed by atoms with Gasteiger partial charge in [0.2, 0.25) is 0 Å². The van der Waals surface area contributed by atoms with Gasteiger partial charge in [0.15, 0.2) is 0 Å². The van der Waals surface area contributed by atoms with Crippen LogP contribution in [-0.4, -0.2) is 28.0 Å². The number of rotatable bonds is 3. The monoisotopic (exact) mass is 241 g/mol. The molecule has 2 aromatic rings. The summed E-state index contributed by atoms with van der Waals surface area (Å²) in [7, 11) is 0. The fraction of sp³-hybridized carbons (Fsp3) is 0.400. The zero-order valence-corrected chi connectivity index (χ0v) is 10.5. The van der Waals surface area contributed by atoms with E-state index in [1.807, 2.05) is 6.20 Å². The summed E-state index contributed by atoms with van der Waals surface area (Å²) in [4.78, 5) is 9.93. The van der Waals surface area contributed by atoms with Crippen LogP contribution in [0.15, 0.2) is 42.9 Å². The lowest BCUT2D eigenvalue weighted by Crippen LogP contribution is -2.33. The molecule has 3 nitrogen and oxygen atoms in total. The SMILES string of the molecule is c1ccc(CN2CCCC(c3cnc[nH]3)C2)cc1. The molecule has 1 saturated heterocycles. The number of aromatic amines is 1. The van der Waals surface area contributed by atoms with E-state index in [0.29, 0.717) is 5.92 Å². The number of piperidine rings is 1. The molecule has 1 N–H and O–H groups in total. The number of likely N-dealkylation sites (tertiary alicyclic amines) is 1. The Kier molecular flexibility index (Phi) is 3.42. The lowest BCUT2D eigenvalue weighted by Gasteiger charge is -2.32. The summed E-state index contributed by atoms with van der Waals surface area (Å²) < 4.78 is 0. The molecule has 0 spiro atoms. The number of imidazole rings is 1. The van der Waals surface area contributed by atoms with Crippen LogP contribution in [0.1, 0.15) is 30.0 Å². The highest BCUT2D eigenvalue weighted by molar-refractivity contribution is 5.15. The van der Waals surface area contributed by atoms with Gasteiger partial charge in [0.25, 0.3) is 0 Å². The lowest BCUT2D eigenvalue weighted by molar-refractivity contribution is 0.198. The van der Waals surface area contributed by atoms with Gasteiger partial charge < -0.3 is 4.98 Å². The van der Waals surface area contributed by atoms with Gasteiger partial charge in [0.1, 0.15) is 0 Å². The molecule has 1 aliphatic rings. The van der Waals surface area contributed by atoms with E-state index in [1.54, 1.807) is 6.33 Å². The Morgan fingerprint density at radius 2 is 2.17 bits per heavy atom. The standard InChI is InChI=1S/C15H19N3/c1-2-5-13(6-3-1)10-18-8-4-7-14(11-18)15-9-16-12-17-15/h1-3,5-6,9,12,14H,4,7-8,10-11H2,(H,16,17). The minimum atomic E-state index is 0.616. The molecule has 2 heterocycles. The third kappa shape index (κ3) is 2.62. The van der Waals surface area contributed by atoms with Crippen LogP contribution in [0.5, 0.6) is 0 Å². The Hall–Kier alpha value is -1.61. The van der Waals surface area contributed by atoms with Crippen molar-refractivity contribution in [3.05, 3.63) is 54.1 Å². The Balaban J connectivity index is 1.64. The molecule has 1 aromatic heterocycles. The first-order valence-electron chi connectivity index (χ1n) is 6.66. The number of hydrogen-bond donors (Lipinski definition) is 1. The zero-order chi connectivity index (χ0) is 12.2. The molecule has 0 radical (unpaired) electrons. The first-order valence-corrected chi connectivity index (χ1v) is 6.66. The number of nitrogens with zero attached hydrogens (tertiary/aromatic N) is 2. The highest BCUT2D eigenvalue weighted by atomic mass is 15.1. The first-order chi connectivity index (χ1) is 8.92. The molecule has 1 unspecified atom stereocenters. The normalized spacial score (nSPS) is 21.0. The average molecular weight is 241 g/mol. The molecule has 94 valence electrons. The van der Waals surface area contributed by atoms with Crippen molar-refractivity contribution >= 4 is 0 Å². The van der Waals surface area contributed by atoms with Crippen molar-refractivity contribution in [2.24, 2.45) is 0 Å². The van der Waals surface area contributed by atoms with Crippen molar-refractivity contribution in [2.45, 2.75) is 25.3 Å². The molecule has 3 rings (SSSR count). The van der Waals surface area contributed by atoms with E-state index in [-0.39, 0.29) is 0 Å². The number of hydrogen-bond acceptors (Lipinski definition) is 2. The van der Waals surface area contributed by atoms with E-state index in [0.717, 1.165) is 13.1 Å². The van der Waals surface area contributed by atoms with Gasteiger partial charge in [-0.15, -0.1) is 0 Å². The van der Waals surface area contributed by atoms with Gasteiger partial charge in [0.05, 0.1) is 6.33 Å². The molecule has 1 fully saturated rings. The van der Waals surface area contributed by atoms with Gasteiger partial charge in [0, 0.05) is 30.9 Å². The molecule has 0 saturated carbocycles. The largest absolute Gasteiger partial charge is 0.348 e. The minimum Gasteiger partial charge on any atom is -0.348 e. The summed E-state index contributed by atoms with van der Waals surface area (Å²) in [5, 5.41) is 0. The molecular weight excluding hydrogens is 222 g/mol. The summed E-state index contributed by atoms with van der Waals surface area (Å²) in [6.07, 6.45) is 6.30. The highest BCUT2D eigenvalue weighted by Gasteiger charge is 2.21. The van der Waals surface area contributed by atoms with E-state index in [9.17, 15) is 0 Å². The lowest BCUT2D eigenvalue weighted by atomic mass is 9.95. The number of aromatic nitrogens is 2. The van der Waals surface area contributed by atoms with E-state index >= 15 is 0 Å². The van der Waals surface area contributed by atoms with Crippen LogP contribution < -0.4 is 0 Å². The van der Waals surface area contributed by atoms with Crippen molar-refractivity contribution in [3.63, 3.8) is 0 Å². The Morgan fingerprint density at radius 1 is 1.28 bits per heavy atom. The van der Waals surface area contributed by atoms with Crippen LogP contribution in [-0.2, 0) is 6.54 Å². The summed E-state index contributed by atoms with van der Waals surface area (Å²) in [6, 6.07) is 10.7. The summed E-state index contributed by atoms with van der Waals surface area (Å²) in [6.45, 7) is 3.40. The van der Waals surface area contributed by atoms with Gasteiger partial charge >= 0.3 is 0 Å². The van der Waals surface area contributed by atoms with Crippen LogP contribution in [0.25, 0.3) is 0 Å². The second-order valence-electron chi connectivity index (χ2n) is 5.07. The molecule has 3 heteroatoms. The predicted molar refractivity (Wildman–Crippen MR) is 72.3 cm³/mol. The third-order valence-electron chi connectivity index (χ3n) is 3.71. The average Bonchev–Trinajstić information content (AvgIpc) is 2.94. The minimum absolute atomic E-state index is 0.616. The van der Waals surface area contributed by atoms with E-state index in [2.05, 4.69) is 45.2 Å². The van der Waals surface area contributed by atoms with Crippen LogP contribution in [0, 0.1) is 0 Å². The Bertz CT molecular complexity index is 464. The van der Waals surface area contributed by atoms with E-state index in [1.165, 1.54) is 30.6 Å². The Labute approximate surface area is 108 Å². The van der Waals surface area contributed by atoms with Crippen LogP contribution >= 0.6 is 0 Å². The van der Waals surface area contributed by atoms with E-state index < -0.39 is 0 Å². The zero-order valence-electron chi connectivity index (χ0n) is 10.5. The van der Waals surface area contributed by atoms with Crippen molar-refractivity contribution in [1.82, 2.24) is 14.9 Å². The van der Waals surface area contributed by atoms with Gasteiger partial charge in [-0.1, -0.05) is 30.3 Å². The van der Waals surface area contributed by atoms with Crippen molar-refractivity contribution in [3.8, 4) is 0 Å². The van der Waals surface area contributed by atoms with Crippen LogP contribution in [0.3, 0.4) is 0 Å². The number of nitrogens with one attached hydrogen (secondary N) is 1. The number of H-pyrrole nitrogens is 1. The van der Waals surface area contributed by atoms with Gasteiger partial charge in [-0.3, -0.25) is 4.90 Å². The summed E-state index contributed by atoms with van der Waals surface area (Å²) in [5.41, 5.74) is 2.69. The first kappa shape index (κ1) is 11.5. The topological polar surface area (TPSA) is 31.9 Å². The second-order valence-corrected chi connectivity index (χ2v) is 5.07. The van der Waals surface area contributed by atoms with Crippen molar-refractivity contribution < 1.29 is 0 Å². The second kappa shape index (κ2) is 5.36. The molecule has 1 atom stereocenters. The fourth-order valence-corrected chi connectivity index (χ4v) is 2.78. The van der Waals surface area contributed by atoms with E-state index in [4.69, 9.17) is 0 Å². The van der Waals surface area contributed by atoms with Crippen molar-refractivity contribution in [1.29, 1.82) is 0 Å². The Morgan fingerprint density at radius 3 is 2.94 bits per heavy atom.